The van der Waals surface area contributed by atoms with Gasteiger partial charge in [0, 0.05) is 25.0 Å². The van der Waals surface area contributed by atoms with Crippen LogP contribution in [0, 0.1) is 11.5 Å². The lowest BCUT2D eigenvalue weighted by molar-refractivity contribution is -0.121. The predicted molar refractivity (Wildman–Crippen MR) is 106 cm³/mol. The van der Waals surface area contributed by atoms with Crippen LogP contribution in [0.5, 0.6) is 0 Å². The Labute approximate surface area is 164 Å². The zero-order valence-corrected chi connectivity index (χ0v) is 15.8. The molecular weight excluding hydrogens is 354 g/mol. The van der Waals surface area contributed by atoms with Gasteiger partial charge in [-0.15, -0.1) is 0 Å². The fourth-order valence-corrected chi connectivity index (χ4v) is 4.15. The van der Waals surface area contributed by atoms with Crippen LogP contribution in [0.15, 0.2) is 36.5 Å². The Morgan fingerprint density at radius 1 is 1.39 bits per heavy atom. The molecule has 1 aromatic heterocycles. The molecule has 1 fully saturated rings. The van der Waals surface area contributed by atoms with Crippen molar-refractivity contribution in [1.29, 1.82) is 5.26 Å². The van der Waals surface area contributed by atoms with Crippen molar-refractivity contribution in [2.45, 2.75) is 38.5 Å². The Bertz CT molecular complexity index is 937. The van der Waals surface area contributed by atoms with Crippen LogP contribution in [0.25, 0.3) is 11.1 Å². The molecule has 2 N–H and O–H groups in total. The Morgan fingerprint density at radius 2 is 2.25 bits per heavy atom. The van der Waals surface area contributed by atoms with Gasteiger partial charge in [0.15, 0.2) is 6.19 Å². The Morgan fingerprint density at radius 3 is 3.04 bits per heavy atom. The lowest BCUT2D eigenvalue weighted by Gasteiger charge is -2.25. The second kappa shape index (κ2) is 7.49. The number of fused-ring (bicyclic) bond motifs is 1. The predicted octanol–water partition coefficient (Wildman–Crippen LogP) is 2.33. The van der Waals surface area contributed by atoms with Crippen LogP contribution < -0.4 is 10.2 Å². The lowest BCUT2D eigenvalue weighted by atomic mass is 9.98. The lowest BCUT2D eigenvalue weighted by Crippen LogP contribution is -2.43. The third-order valence-corrected chi connectivity index (χ3v) is 5.39. The minimum Gasteiger partial charge on any atom is -0.374 e. The third kappa shape index (κ3) is 3.27. The van der Waals surface area contributed by atoms with Crippen molar-refractivity contribution < 1.29 is 9.90 Å². The van der Waals surface area contributed by atoms with Gasteiger partial charge in [-0.2, -0.15) is 5.26 Å². The molecule has 1 saturated heterocycles. The molecule has 2 atom stereocenters. The first-order valence-electron chi connectivity index (χ1n) is 9.59. The summed E-state index contributed by atoms with van der Waals surface area (Å²) in [6, 6.07) is 9.47. The third-order valence-electron chi connectivity index (χ3n) is 5.39. The number of nitrogens with zero attached hydrogens (tertiary/aromatic N) is 4. The van der Waals surface area contributed by atoms with E-state index >= 15 is 0 Å². The van der Waals surface area contributed by atoms with Gasteiger partial charge in [-0.25, -0.2) is 4.98 Å². The number of aliphatic hydroxyl groups excluding tert-OH is 1. The molecule has 2 aromatic rings. The zero-order chi connectivity index (χ0) is 19.7. The molecule has 28 heavy (non-hydrogen) atoms. The molecule has 7 nitrogen and oxygen atoms in total. The summed E-state index contributed by atoms with van der Waals surface area (Å²) < 4.78 is 0. The molecule has 1 amide bonds. The smallest absolute Gasteiger partial charge is 0.250 e. The SMILES string of the molecule is CC(O)Nc1cc(-c2cccc3c2CCN3C(=O)[C@@H]2CCCN2C#N)ccn1. The number of anilines is 2. The van der Waals surface area contributed by atoms with Gasteiger partial charge >= 0.3 is 0 Å². The second-order valence-corrected chi connectivity index (χ2v) is 7.24. The first kappa shape index (κ1) is 18.3. The molecule has 1 aromatic carbocycles. The molecule has 2 aliphatic rings. The Hall–Kier alpha value is -3.11. The van der Waals surface area contributed by atoms with Crippen LogP contribution in [0.3, 0.4) is 0 Å². The molecule has 2 aliphatic heterocycles. The van der Waals surface area contributed by atoms with Crippen LogP contribution in [0.4, 0.5) is 11.5 Å². The number of likely N-dealkylation sites (tertiary alicyclic amines) is 1. The topological polar surface area (TPSA) is 92.5 Å². The first-order chi connectivity index (χ1) is 13.6. The van der Waals surface area contributed by atoms with E-state index in [1.807, 2.05) is 35.2 Å². The highest BCUT2D eigenvalue weighted by atomic mass is 16.3. The van der Waals surface area contributed by atoms with Crippen LogP contribution in [0.1, 0.15) is 25.3 Å². The number of carbonyl (C=O) groups excluding carboxylic acids is 1. The maximum Gasteiger partial charge on any atom is 0.250 e. The van der Waals surface area contributed by atoms with Crippen molar-refractivity contribution in [2.24, 2.45) is 0 Å². The summed E-state index contributed by atoms with van der Waals surface area (Å²) in [5.41, 5.74) is 4.11. The normalized spacial score (nSPS) is 19.2. The maximum absolute atomic E-state index is 13.1. The zero-order valence-electron chi connectivity index (χ0n) is 15.8. The molecule has 0 radical (unpaired) electrons. The van der Waals surface area contributed by atoms with E-state index in [-0.39, 0.29) is 11.9 Å². The van der Waals surface area contributed by atoms with Gasteiger partial charge < -0.3 is 15.3 Å². The number of pyridine rings is 1. The van der Waals surface area contributed by atoms with Crippen LogP contribution in [0.2, 0.25) is 0 Å². The van der Waals surface area contributed by atoms with E-state index in [2.05, 4.69) is 16.5 Å². The quantitative estimate of drug-likeness (QED) is 0.628. The molecule has 0 aliphatic carbocycles. The summed E-state index contributed by atoms with van der Waals surface area (Å²) in [4.78, 5) is 20.8. The van der Waals surface area contributed by atoms with Gasteiger partial charge in [-0.1, -0.05) is 12.1 Å². The summed E-state index contributed by atoms with van der Waals surface area (Å²) in [5, 5.41) is 21.7. The van der Waals surface area contributed by atoms with Crippen LogP contribution in [-0.4, -0.2) is 46.3 Å². The van der Waals surface area contributed by atoms with Crippen molar-refractivity contribution in [3.05, 3.63) is 42.1 Å². The minimum absolute atomic E-state index is 0.0149. The molecule has 0 saturated carbocycles. The minimum atomic E-state index is -0.688. The molecule has 3 heterocycles. The summed E-state index contributed by atoms with van der Waals surface area (Å²) in [5.74, 6) is 0.618. The van der Waals surface area contributed by atoms with E-state index in [0.717, 1.165) is 41.6 Å². The average molecular weight is 377 g/mol. The molecule has 144 valence electrons. The van der Waals surface area contributed by atoms with E-state index in [1.165, 1.54) is 0 Å². The number of aliphatic hydroxyl groups is 1. The summed E-state index contributed by atoms with van der Waals surface area (Å²) in [6.45, 7) is 2.93. The van der Waals surface area contributed by atoms with E-state index in [4.69, 9.17) is 0 Å². The number of rotatable bonds is 4. The van der Waals surface area contributed by atoms with Crippen molar-refractivity contribution >= 4 is 17.4 Å². The fourth-order valence-electron chi connectivity index (χ4n) is 4.15. The number of carbonyl (C=O) groups is 1. The second-order valence-electron chi connectivity index (χ2n) is 7.24. The number of nitrogens with one attached hydrogen (secondary N) is 1. The Kier molecular flexibility index (Phi) is 4.88. The van der Waals surface area contributed by atoms with E-state index in [0.29, 0.717) is 18.9 Å². The molecule has 1 unspecified atom stereocenters. The number of hydrogen-bond donors (Lipinski definition) is 2. The molecule has 0 bridgehead atoms. The highest BCUT2D eigenvalue weighted by Gasteiger charge is 2.36. The largest absolute Gasteiger partial charge is 0.374 e. The van der Waals surface area contributed by atoms with Crippen molar-refractivity contribution in [3.63, 3.8) is 0 Å². The number of nitriles is 1. The molecule has 4 rings (SSSR count). The standard InChI is InChI=1S/C21H23N5O2/c1-14(27)24-20-12-15(7-9-23-20)16-4-2-5-18-17(16)8-11-26(18)21(28)19-6-3-10-25(19)13-22/h2,4-5,7,9,12,14,19,27H,3,6,8,10-11H2,1H3,(H,23,24)/t14?,19-/m0/s1. The van der Waals surface area contributed by atoms with Crippen molar-refractivity contribution in [2.75, 3.05) is 23.3 Å². The first-order valence-corrected chi connectivity index (χ1v) is 9.59. The van der Waals surface area contributed by atoms with Crippen molar-refractivity contribution in [1.82, 2.24) is 9.88 Å². The van der Waals surface area contributed by atoms with E-state index < -0.39 is 6.23 Å². The molecule has 0 spiro atoms. The summed E-state index contributed by atoms with van der Waals surface area (Å²) >= 11 is 0. The number of aromatic nitrogens is 1. The van der Waals surface area contributed by atoms with Gasteiger partial charge in [0.2, 0.25) is 5.91 Å². The monoisotopic (exact) mass is 377 g/mol. The number of amides is 1. The van der Waals surface area contributed by atoms with Gasteiger partial charge in [-0.05, 0) is 61.1 Å². The molecule has 7 heteroatoms. The highest BCUT2D eigenvalue weighted by Crippen LogP contribution is 2.37. The van der Waals surface area contributed by atoms with E-state index in [9.17, 15) is 15.2 Å². The van der Waals surface area contributed by atoms with Gasteiger partial charge in [-0.3, -0.25) is 9.69 Å². The van der Waals surface area contributed by atoms with Crippen molar-refractivity contribution in [3.8, 4) is 17.3 Å². The molecular formula is C21H23N5O2. The number of hydrogen-bond acceptors (Lipinski definition) is 6. The van der Waals surface area contributed by atoms with Gasteiger partial charge in [0.25, 0.3) is 0 Å². The van der Waals surface area contributed by atoms with Crippen LogP contribution >= 0.6 is 0 Å². The van der Waals surface area contributed by atoms with Gasteiger partial charge in [0.05, 0.1) is 0 Å². The average Bonchev–Trinajstić information content (AvgIpc) is 3.33. The summed E-state index contributed by atoms with van der Waals surface area (Å²) in [6.07, 6.45) is 5.56. The Balaban J connectivity index is 1.65. The highest BCUT2D eigenvalue weighted by molar-refractivity contribution is 6.00. The van der Waals surface area contributed by atoms with E-state index in [1.54, 1.807) is 18.0 Å². The number of benzene rings is 1. The maximum atomic E-state index is 13.1. The van der Waals surface area contributed by atoms with Crippen LogP contribution in [-0.2, 0) is 11.2 Å². The summed E-state index contributed by atoms with van der Waals surface area (Å²) in [7, 11) is 0. The fraction of sp³-hybridized carbons (Fsp3) is 0.381. The van der Waals surface area contributed by atoms with Gasteiger partial charge in [0.1, 0.15) is 18.1 Å².